The summed E-state index contributed by atoms with van der Waals surface area (Å²) in [6, 6.07) is 6.96. The highest BCUT2D eigenvalue weighted by atomic mass is 79.9. The van der Waals surface area contributed by atoms with E-state index >= 15 is 0 Å². The molecule has 4 heteroatoms. The number of nitrogens with zero attached hydrogens (tertiary/aromatic N) is 1. The van der Waals surface area contributed by atoms with Crippen LogP contribution in [0.15, 0.2) is 28.7 Å². The molecule has 0 atom stereocenters. The molecule has 1 aromatic heterocycles. The zero-order chi connectivity index (χ0) is 11.7. The van der Waals surface area contributed by atoms with Gasteiger partial charge < -0.3 is 0 Å². The average Bonchev–Trinajstić information content (AvgIpc) is 2.71. The molecule has 0 saturated heterocycles. The lowest BCUT2D eigenvalue weighted by atomic mass is 10.1. The molecule has 0 spiro atoms. The Hall–Kier alpha value is -1.16. The molecule has 0 fully saturated rings. The number of hydrogen-bond donors (Lipinski definition) is 1. The molecule has 0 radical (unpaired) electrons. The summed E-state index contributed by atoms with van der Waals surface area (Å²) >= 11 is 3.13. The fourth-order valence-corrected chi connectivity index (χ4v) is 1.68. The van der Waals surface area contributed by atoms with Crippen LogP contribution in [0.4, 0.5) is 4.39 Å². The van der Waals surface area contributed by atoms with Crippen LogP contribution in [-0.4, -0.2) is 10.2 Å². The summed E-state index contributed by atoms with van der Waals surface area (Å²) in [5.74, 6) is 0.119. The first kappa shape index (κ1) is 11.3. The van der Waals surface area contributed by atoms with Gasteiger partial charge in [0.05, 0.1) is 10.2 Å². The number of aromatic nitrogens is 2. The predicted molar refractivity (Wildman–Crippen MR) is 65.8 cm³/mol. The van der Waals surface area contributed by atoms with E-state index in [1.807, 2.05) is 12.1 Å². The SMILES string of the molecule is CC(C)c1cc(-c2ccc(Br)c(F)c2)n[nH]1. The Morgan fingerprint density at radius 3 is 2.62 bits per heavy atom. The van der Waals surface area contributed by atoms with Crippen molar-refractivity contribution in [2.75, 3.05) is 0 Å². The number of H-pyrrole nitrogens is 1. The van der Waals surface area contributed by atoms with Crippen molar-refractivity contribution in [3.63, 3.8) is 0 Å². The Morgan fingerprint density at radius 1 is 1.31 bits per heavy atom. The summed E-state index contributed by atoms with van der Waals surface area (Å²) in [4.78, 5) is 0. The Kier molecular flexibility index (Phi) is 3.10. The molecule has 1 heterocycles. The fourth-order valence-electron chi connectivity index (χ4n) is 1.44. The van der Waals surface area contributed by atoms with Gasteiger partial charge in [-0.2, -0.15) is 5.10 Å². The largest absolute Gasteiger partial charge is 0.282 e. The first-order valence-electron chi connectivity index (χ1n) is 5.08. The van der Waals surface area contributed by atoms with Crippen LogP contribution in [-0.2, 0) is 0 Å². The van der Waals surface area contributed by atoms with Crippen LogP contribution >= 0.6 is 15.9 Å². The van der Waals surface area contributed by atoms with Gasteiger partial charge in [-0.05, 0) is 40.0 Å². The van der Waals surface area contributed by atoms with Crippen molar-refractivity contribution in [1.82, 2.24) is 10.2 Å². The van der Waals surface area contributed by atoms with Crippen molar-refractivity contribution < 1.29 is 4.39 Å². The van der Waals surface area contributed by atoms with Gasteiger partial charge in [0.2, 0.25) is 0 Å². The second-order valence-corrected chi connectivity index (χ2v) is 4.85. The molecule has 2 nitrogen and oxygen atoms in total. The van der Waals surface area contributed by atoms with Crippen molar-refractivity contribution in [3.05, 3.63) is 40.2 Å². The minimum Gasteiger partial charge on any atom is -0.282 e. The lowest BCUT2D eigenvalue weighted by molar-refractivity contribution is 0.621. The molecule has 1 aromatic carbocycles. The third-order valence-corrected chi connectivity index (χ3v) is 3.08. The van der Waals surface area contributed by atoms with Gasteiger partial charge in [-0.15, -0.1) is 0 Å². The molecule has 0 unspecified atom stereocenters. The predicted octanol–water partition coefficient (Wildman–Crippen LogP) is 4.10. The minimum atomic E-state index is -0.272. The molecule has 0 aliphatic rings. The van der Waals surface area contributed by atoms with Gasteiger partial charge in [-0.1, -0.05) is 19.9 Å². The van der Waals surface area contributed by atoms with Crippen molar-refractivity contribution in [2.45, 2.75) is 19.8 Å². The fraction of sp³-hybridized carbons (Fsp3) is 0.250. The number of hydrogen-bond acceptors (Lipinski definition) is 1. The molecule has 2 rings (SSSR count). The van der Waals surface area contributed by atoms with Crippen LogP contribution in [0, 0.1) is 5.82 Å². The molecule has 0 amide bonds. The summed E-state index contributed by atoms with van der Waals surface area (Å²) in [6.45, 7) is 4.17. The summed E-state index contributed by atoms with van der Waals surface area (Å²) in [7, 11) is 0. The maximum absolute atomic E-state index is 13.3. The van der Waals surface area contributed by atoms with Crippen LogP contribution in [0.2, 0.25) is 0 Å². The monoisotopic (exact) mass is 282 g/mol. The molecule has 0 aliphatic carbocycles. The summed E-state index contributed by atoms with van der Waals surface area (Å²) in [6.07, 6.45) is 0. The first-order valence-corrected chi connectivity index (χ1v) is 5.88. The first-order chi connectivity index (χ1) is 7.58. The van der Waals surface area contributed by atoms with Gasteiger partial charge in [0.1, 0.15) is 5.82 Å². The molecule has 16 heavy (non-hydrogen) atoms. The maximum Gasteiger partial charge on any atom is 0.138 e. The summed E-state index contributed by atoms with van der Waals surface area (Å²) in [5.41, 5.74) is 2.61. The van der Waals surface area contributed by atoms with Gasteiger partial charge in [0.25, 0.3) is 0 Å². The van der Waals surface area contributed by atoms with Crippen molar-refractivity contribution in [3.8, 4) is 11.3 Å². The van der Waals surface area contributed by atoms with E-state index in [-0.39, 0.29) is 5.82 Å². The Balaban J connectivity index is 2.39. The second-order valence-electron chi connectivity index (χ2n) is 3.99. The van der Waals surface area contributed by atoms with E-state index in [1.165, 1.54) is 6.07 Å². The smallest absolute Gasteiger partial charge is 0.138 e. The minimum absolute atomic E-state index is 0.272. The Labute approximate surface area is 102 Å². The van der Waals surface area contributed by atoms with E-state index < -0.39 is 0 Å². The van der Waals surface area contributed by atoms with E-state index in [2.05, 4.69) is 40.0 Å². The quantitative estimate of drug-likeness (QED) is 0.883. The molecule has 2 aromatic rings. The lowest BCUT2D eigenvalue weighted by Gasteiger charge is -1.98. The standard InChI is InChI=1S/C12H12BrFN2/c1-7(2)11-6-12(16-15-11)8-3-4-9(13)10(14)5-8/h3-7H,1-2H3,(H,15,16). The van der Waals surface area contributed by atoms with E-state index in [1.54, 1.807) is 6.07 Å². The van der Waals surface area contributed by atoms with Crippen molar-refractivity contribution >= 4 is 15.9 Å². The second kappa shape index (κ2) is 4.37. The van der Waals surface area contributed by atoms with Crippen LogP contribution in [0.1, 0.15) is 25.5 Å². The van der Waals surface area contributed by atoms with E-state index in [4.69, 9.17) is 0 Å². The van der Waals surface area contributed by atoms with E-state index in [0.29, 0.717) is 10.4 Å². The van der Waals surface area contributed by atoms with Gasteiger partial charge in [-0.25, -0.2) is 4.39 Å². The average molecular weight is 283 g/mol. The summed E-state index contributed by atoms with van der Waals surface area (Å²) in [5, 5.41) is 7.13. The number of aromatic amines is 1. The number of nitrogens with one attached hydrogen (secondary N) is 1. The lowest BCUT2D eigenvalue weighted by Crippen LogP contribution is -1.85. The van der Waals surface area contributed by atoms with Gasteiger partial charge in [0.15, 0.2) is 0 Å². The zero-order valence-corrected chi connectivity index (χ0v) is 10.7. The van der Waals surface area contributed by atoms with E-state index in [0.717, 1.165) is 17.0 Å². The van der Waals surface area contributed by atoms with Crippen LogP contribution in [0.25, 0.3) is 11.3 Å². The highest BCUT2D eigenvalue weighted by molar-refractivity contribution is 9.10. The van der Waals surface area contributed by atoms with Crippen LogP contribution < -0.4 is 0 Å². The van der Waals surface area contributed by atoms with Crippen LogP contribution in [0.5, 0.6) is 0 Å². The number of rotatable bonds is 2. The third-order valence-electron chi connectivity index (χ3n) is 2.44. The molecule has 0 bridgehead atoms. The normalized spacial score (nSPS) is 11.1. The topological polar surface area (TPSA) is 28.7 Å². The van der Waals surface area contributed by atoms with Crippen molar-refractivity contribution in [2.24, 2.45) is 0 Å². The van der Waals surface area contributed by atoms with Crippen molar-refractivity contribution in [1.29, 1.82) is 0 Å². The molecular formula is C12H12BrFN2. The van der Waals surface area contributed by atoms with Gasteiger partial charge >= 0.3 is 0 Å². The highest BCUT2D eigenvalue weighted by Gasteiger charge is 2.08. The maximum atomic E-state index is 13.3. The van der Waals surface area contributed by atoms with Crippen LogP contribution in [0.3, 0.4) is 0 Å². The summed E-state index contributed by atoms with van der Waals surface area (Å²) < 4.78 is 13.8. The molecule has 0 aliphatic heterocycles. The highest BCUT2D eigenvalue weighted by Crippen LogP contribution is 2.25. The molecular weight excluding hydrogens is 271 g/mol. The number of halogens is 2. The Morgan fingerprint density at radius 2 is 2.06 bits per heavy atom. The van der Waals surface area contributed by atoms with E-state index in [9.17, 15) is 4.39 Å². The third kappa shape index (κ3) is 2.16. The molecule has 0 saturated carbocycles. The number of benzene rings is 1. The molecule has 1 N–H and O–H groups in total. The van der Waals surface area contributed by atoms with Gasteiger partial charge in [-0.3, -0.25) is 5.10 Å². The molecule has 84 valence electrons. The van der Waals surface area contributed by atoms with Gasteiger partial charge in [0, 0.05) is 11.3 Å². The Bertz CT molecular complexity index is 505. The zero-order valence-electron chi connectivity index (χ0n) is 9.09.